The van der Waals surface area contributed by atoms with Gasteiger partial charge in [-0.05, 0) is 6.92 Å². The molecule has 0 saturated heterocycles. The zero-order valence-corrected chi connectivity index (χ0v) is 8.68. The number of nitrogens with one attached hydrogen (secondary N) is 1. The number of aromatic nitrogens is 1. The van der Waals surface area contributed by atoms with Crippen LogP contribution in [0.4, 0.5) is 5.00 Å². The van der Waals surface area contributed by atoms with Crippen LogP contribution in [0, 0.1) is 0 Å². The van der Waals surface area contributed by atoms with Crippen LogP contribution in [0.25, 0.3) is 0 Å². The lowest BCUT2D eigenvalue weighted by Crippen LogP contribution is -2.11. The summed E-state index contributed by atoms with van der Waals surface area (Å²) in [7, 11) is 0. The van der Waals surface area contributed by atoms with Gasteiger partial charge in [-0.25, -0.2) is 9.78 Å². The van der Waals surface area contributed by atoms with Crippen molar-refractivity contribution in [3.05, 3.63) is 11.2 Å². The minimum absolute atomic E-state index is 0.159. The lowest BCUT2D eigenvalue weighted by atomic mass is 10.4. The second-order valence-electron chi connectivity index (χ2n) is 2.43. The van der Waals surface area contributed by atoms with Crippen molar-refractivity contribution >= 4 is 28.2 Å². The molecule has 1 N–H and O–H groups in total. The van der Waals surface area contributed by atoms with Crippen molar-refractivity contribution < 1.29 is 14.3 Å². The summed E-state index contributed by atoms with van der Waals surface area (Å²) >= 11 is 1.19. The third-order valence-corrected chi connectivity index (χ3v) is 2.07. The third kappa shape index (κ3) is 2.53. The van der Waals surface area contributed by atoms with Crippen molar-refractivity contribution in [1.82, 2.24) is 4.98 Å². The van der Waals surface area contributed by atoms with E-state index in [4.69, 9.17) is 4.74 Å². The smallest absolute Gasteiger partial charge is 0.360 e. The fourth-order valence-corrected chi connectivity index (χ4v) is 1.55. The lowest BCUT2D eigenvalue weighted by molar-refractivity contribution is -0.114. The molecule has 14 heavy (non-hydrogen) atoms. The van der Waals surface area contributed by atoms with Gasteiger partial charge in [-0.2, -0.15) is 0 Å². The van der Waals surface area contributed by atoms with Crippen LogP contribution in [0.1, 0.15) is 24.3 Å². The quantitative estimate of drug-likeness (QED) is 0.769. The minimum atomic E-state index is -0.516. The number of amides is 1. The highest BCUT2D eigenvalue weighted by atomic mass is 32.1. The predicted octanol–water partition coefficient (Wildman–Crippen LogP) is 1.28. The fraction of sp³-hybridized carbons (Fsp3) is 0.375. The van der Waals surface area contributed by atoms with Gasteiger partial charge in [-0.15, -0.1) is 11.3 Å². The lowest BCUT2D eigenvalue weighted by Gasteiger charge is -2.01. The van der Waals surface area contributed by atoms with Crippen molar-refractivity contribution in [1.29, 1.82) is 0 Å². The average molecular weight is 214 g/mol. The van der Waals surface area contributed by atoms with E-state index in [1.165, 1.54) is 23.8 Å². The van der Waals surface area contributed by atoms with Crippen molar-refractivity contribution in [2.75, 3.05) is 11.9 Å². The van der Waals surface area contributed by atoms with E-state index in [1.54, 1.807) is 6.92 Å². The molecule has 1 aromatic heterocycles. The Morgan fingerprint density at radius 3 is 2.93 bits per heavy atom. The van der Waals surface area contributed by atoms with E-state index in [2.05, 4.69) is 10.3 Å². The highest BCUT2D eigenvalue weighted by molar-refractivity contribution is 7.14. The number of hydrogen-bond donors (Lipinski definition) is 1. The molecule has 0 spiro atoms. The largest absolute Gasteiger partial charge is 0.461 e. The van der Waals surface area contributed by atoms with E-state index in [9.17, 15) is 9.59 Å². The summed E-state index contributed by atoms with van der Waals surface area (Å²) in [6, 6.07) is 0. The Bertz CT molecular complexity index is 348. The van der Waals surface area contributed by atoms with Gasteiger partial charge in [-0.3, -0.25) is 4.79 Å². The Hall–Kier alpha value is -1.43. The van der Waals surface area contributed by atoms with Gasteiger partial charge in [0.2, 0.25) is 5.91 Å². The van der Waals surface area contributed by atoms with E-state index in [0.29, 0.717) is 5.00 Å². The van der Waals surface area contributed by atoms with Gasteiger partial charge < -0.3 is 10.1 Å². The van der Waals surface area contributed by atoms with Crippen molar-refractivity contribution in [3.8, 4) is 0 Å². The molecule has 0 bridgehead atoms. The Morgan fingerprint density at radius 2 is 2.36 bits per heavy atom. The molecule has 0 atom stereocenters. The summed E-state index contributed by atoms with van der Waals surface area (Å²) < 4.78 is 4.76. The molecular formula is C8H10N2O3S. The fourth-order valence-electron chi connectivity index (χ4n) is 0.840. The summed E-state index contributed by atoms with van der Waals surface area (Å²) in [5, 5.41) is 2.94. The topological polar surface area (TPSA) is 68.3 Å². The van der Waals surface area contributed by atoms with Crippen LogP contribution in [0.15, 0.2) is 5.51 Å². The number of esters is 1. The number of hydrogen-bond acceptors (Lipinski definition) is 5. The number of nitrogens with zero attached hydrogens (tertiary/aromatic N) is 1. The van der Waals surface area contributed by atoms with Crippen LogP contribution in [-0.4, -0.2) is 23.5 Å². The molecule has 0 unspecified atom stereocenters. The van der Waals surface area contributed by atoms with E-state index >= 15 is 0 Å². The van der Waals surface area contributed by atoms with Crippen LogP contribution >= 0.6 is 11.3 Å². The second kappa shape index (κ2) is 4.71. The Morgan fingerprint density at radius 1 is 1.64 bits per heavy atom. The highest BCUT2D eigenvalue weighted by Gasteiger charge is 2.16. The first kappa shape index (κ1) is 10.6. The zero-order valence-electron chi connectivity index (χ0n) is 7.86. The number of carbonyl (C=O) groups is 2. The maximum absolute atomic E-state index is 11.3. The van der Waals surface area contributed by atoms with E-state index in [-0.39, 0.29) is 18.2 Å². The number of ether oxygens (including phenoxy) is 1. The van der Waals surface area contributed by atoms with Crippen LogP contribution in [0.3, 0.4) is 0 Å². The second-order valence-corrected chi connectivity index (χ2v) is 3.29. The molecule has 0 aliphatic rings. The van der Waals surface area contributed by atoms with Crippen LogP contribution in [-0.2, 0) is 9.53 Å². The first-order chi connectivity index (χ1) is 6.65. The zero-order chi connectivity index (χ0) is 10.6. The van der Waals surface area contributed by atoms with Gasteiger partial charge in [0.05, 0.1) is 12.1 Å². The molecule has 0 radical (unpaired) electrons. The van der Waals surface area contributed by atoms with E-state index < -0.39 is 5.97 Å². The summed E-state index contributed by atoms with van der Waals surface area (Å²) in [5.41, 5.74) is 1.64. The molecule has 0 fully saturated rings. The molecule has 0 aliphatic carbocycles. The molecule has 5 nitrogen and oxygen atoms in total. The molecule has 76 valence electrons. The maximum Gasteiger partial charge on any atom is 0.360 e. The molecule has 1 rings (SSSR count). The van der Waals surface area contributed by atoms with Crippen LogP contribution in [0.5, 0.6) is 0 Å². The third-order valence-electron chi connectivity index (χ3n) is 1.33. The summed E-state index contributed by atoms with van der Waals surface area (Å²) in [6.45, 7) is 3.37. The molecule has 1 heterocycles. The first-order valence-corrected chi connectivity index (χ1v) is 4.91. The standard InChI is InChI=1S/C8H10N2O3S/c1-3-13-8(12)6-7(10-5(2)11)14-4-9-6/h4H,3H2,1-2H3,(H,10,11). The molecule has 6 heteroatoms. The molecule has 0 saturated carbocycles. The van der Waals surface area contributed by atoms with Gasteiger partial charge in [0.1, 0.15) is 5.00 Å². The number of thiazole rings is 1. The number of rotatable bonds is 3. The highest BCUT2D eigenvalue weighted by Crippen LogP contribution is 2.20. The van der Waals surface area contributed by atoms with Gasteiger partial charge in [-0.1, -0.05) is 0 Å². The van der Waals surface area contributed by atoms with E-state index in [1.807, 2.05) is 0 Å². The molecule has 0 aromatic carbocycles. The molecule has 1 aromatic rings. The van der Waals surface area contributed by atoms with Crippen LogP contribution < -0.4 is 5.32 Å². The molecule has 0 aliphatic heterocycles. The van der Waals surface area contributed by atoms with Crippen molar-refractivity contribution in [2.45, 2.75) is 13.8 Å². The monoisotopic (exact) mass is 214 g/mol. The average Bonchev–Trinajstić information content (AvgIpc) is 2.51. The normalized spacial score (nSPS) is 9.57. The summed E-state index contributed by atoms with van der Waals surface area (Å²) in [4.78, 5) is 25.9. The van der Waals surface area contributed by atoms with Crippen LogP contribution in [0.2, 0.25) is 0 Å². The Labute approximate surface area is 85.1 Å². The van der Waals surface area contributed by atoms with Gasteiger partial charge >= 0.3 is 5.97 Å². The molecular weight excluding hydrogens is 204 g/mol. The SMILES string of the molecule is CCOC(=O)c1ncsc1NC(C)=O. The van der Waals surface area contributed by atoms with Gasteiger partial charge in [0.25, 0.3) is 0 Å². The minimum Gasteiger partial charge on any atom is -0.461 e. The summed E-state index contributed by atoms with van der Waals surface area (Å²) in [5.74, 6) is -0.753. The van der Waals surface area contributed by atoms with Crippen molar-refractivity contribution in [3.63, 3.8) is 0 Å². The Kier molecular flexibility index (Phi) is 3.58. The van der Waals surface area contributed by atoms with E-state index in [0.717, 1.165) is 0 Å². The van der Waals surface area contributed by atoms with Crippen molar-refractivity contribution in [2.24, 2.45) is 0 Å². The van der Waals surface area contributed by atoms with Gasteiger partial charge in [0, 0.05) is 6.92 Å². The maximum atomic E-state index is 11.3. The predicted molar refractivity (Wildman–Crippen MR) is 52.4 cm³/mol. The van der Waals surface area contributed by atoms with Gasteiger partial charge in [0.15, 0.2) is 5.69 Å². The molecule has 1 amide bonds. The number of carbonyl (C=O) groups excluding carboxylic acids is 2. The first-order valence-electron chi connectivity index (χ1n) is 4.03. The number of anilines is 1. The summed E-state index contributed by atoms with van der Waals surface area (Å²) in [6.07, 6.45) is 0. The Balaban J connectivity index is 2.81.